The van der Waals surface area contributed by atoms with E-state index in [1.165, 1.54) is 12.1 Å². The molecule has 5 heteroatoms. The molecular formula is C16H17FN2OS. The second-order valence-electron chi connectivity index (χ2n) is 5.47. The Morgan fingerprint density at radius 3 is 2.71 bits per heavy atom. The Balaban J connectivity index is 1.67. The normalized spacial score (nSPS) is 15.7. The highest BCUT2D eigenvalue weighted by Gasteiger charge is 2.33. The number of amides is 1. The quantitative estimate of drug-likeness (QED) is 0.920. The Morgan fingerprint density at radius 1 is 1.43 bits per heavy atom. The fourth-order valence-corrected chi connectivity index (χ4v) is 3.06. The highest BCUT2D eigenvalue weighted by Crippen LogP contribution is 2.41. The Hall–Kier alpha value is -1.75. The second-order valence-corrected chi connectivity index (χ2v) is 6.53. The third-order valence-corrected chi connectivity index (χ3v) is 4.47. The van der Waals surface area contributed by atoms with E-state index in [2.05, 4.69) is 10.3 Å². The maximum absolute atomic E-state index is 13.0. The Kier molecular flexibility index (Phi) is 4.01. The summed E-state index contributed by atoms with van der Waals surface area (Å²) in [4.78, 5) is 16.5. The van der Waals surface area contributed by atoms with Gasteiger partial charge in [-0.3, -0.25) is 4.79 Å². The van der Waals surface area contributed by atoms with Gasteiger partial charge < -0.3 is 5.32 Å². The number of hydrogen-bond donors (Lipinski definition) is 1. The molecular weight excluding hydrogens is 287 g/mol. The van der Waals surface area contributed by atoms with E-state index in [0.717, 1.165) is 29.1 Å². The van der Waals surface area contributed by atoms with Gasteiger partial charge in [-0.1, -0.05) is 12.1 Å². The van der Waals surface area contributed by atoms with Crippen molar-refractivity contribution in [1.82, 2.24) is 10.3 Å². The summed E-state index contributed by atoms with van der Waals surface area (Å²) < 4.78 is 13.0. The van der Waals surface area contributed by atoms with Crippen LogP contribution in [0.15, 0.2) is 29.6 Å². The molecule has 3 nitrogen and oxygen atoms in total. The Bertz CT molecular complexity index is 634. The van der Waals surface area contributed by atoms with Gasteiger partial charge in [-0.15, -0.1) is 11.3 Å². The lowest BCUT2D eigenvalue weighted by Gasteiger charge is -2.18. The molecule has 21 heavy (non-hydrogen) atoms. The summed E-state index contributed by atoms with van der Waals surface area (Å²) in [6.45, 7) is 1.93. The van der Waals surface area contributed by atoms with Gasteiger partial charge in [0.1, 0.15) is 5.82 Å². The number of nitrogens with one attached hydrogen (secondary N) is 1. The van der Waals surface area contributed by atoms with Gasteiger partial charge in [-0.2, -0.15) is 0 Å². The molecule has 0 radical (unpaired) electrons. The summed E-state index contributed by atoms with van der Waals surface area (Å²) in [6, 6.07) is 6.39. The molecule has 1 amide bonds. The predicted octanol–water partition coefficient (Wildman–Crippen LogP) is 3.40. The molecule has 1 aromatic heterocycles. The van der Waals surface area contributed by atoms with Crippen molar-refractivity contribution >= 4 is 17.2 Å². The van der Waals surface area contributed by atoms with E-state index >= 15 is 0 Å². The second kappa shape index (κ2) is 5.93. The first kappa shape index (κ1) is 14.2. The van der Waals surface area contributed by atoms with Crippen LogP contribution < -0.4 is 5.32 Å². The van der Waals surface area contributed by atoms with Gasteiger partial charge in [0.25, 0.3) is 0 Å². The first-order valence-corrected chi connectivity index (χ1v) is 7.95. The van der Waals surface area contributed by atoms with Crippen LogP contribution in [0, 0.1) is 18.7 Å². The van der Waals surface area contributed by atoms with Crippen molar-refractivity contribution < 1.29 is 9.18 Å². The van der Waals surface area contributed by atoms with Crippen LogP contribution in [0.4, 0.5) is 4.39 Å². The number of nitrogens with zero attached hydrogens (tertiary/aromatic N) is 1. The summed E-state index contributed by atoms with van der Waals surface area (Å²) in [5.41, 5.74) is 1.78. The first-order chi connectivity index (χ1) is 10.1. The molecule has 1 aliphatic rings. The minimum atomic E-state index is -0.252. The first-order valence-electron chi connectivity index (χ1n) is 7.07. The lowest BCUT2D eigenvalue weighted by atomic mass is 10.0. The average Bonchev–Trinajstić information content (AvgIpc) is 3.21. The predicted molar refractivity (Wildman–Crippen MR) is 80.6 cm³/mol. The molecule has 1 heterocycles. The molecule has 0 aliphatic heterocycles. The SMILES string of the molecule is Cc1nc(CC(=O)N[C@@H](c2ccc(F)cc2)C2CC2)cs1. The van der Waals surface area contributed by atoms with E-state index in [0.29, 0.717) is 12.3 Å². The molecule has 0 saturated heterocycles. The van der Waals surface area contributed by atoms with Gasteiger partial charge in [0.2, 0.25) is 5.91 Å². The van der Waals surface area contributed by atoms with Crippen LogP contribution in [0.25, 0.3) is 0 Å². The zero-order valence-corrected chi connectivity index (χ0v) is 12.6. The fraction of sp³-hybridized carbons (Fsp3) is 0.375. The molecule has 1 fully saturated rings. The number of thiazole rings is 1. The Labute approximate surface area is 127 Å². The number of aromatic nitrogens is 1. The summed E-state index contributed by atoms with van der Waals surface area (Å²) in [6.07, 6.45) is 2.52. The van der Waals surface area contributed by atoms with Crippen molar-refractivity contribution in [3.63, 3.8) is 0 Å². The summed E-state index contributed by atoms with van der Waals surface area (Å²) >= 11 is 1.55. The van der Waals surface area contributed by atoms with Gasteiger partial charge in [0.05, 0.1) is 23.2 Å². The maximum Gasteiger partial charge on any atom is 0.226 e. The molecule has 1 N–H and O–H groups in total. The molecule has 110 valence electrons. The van der Waals surface area contributed by atoms with Gasteiger partial charge in [0.15, 0.2) is 0 Å². The lowest BCUT2D eigenvalue weighted by molar-refractivity contribution is -0.121. The van der Waals surface area contributed by atoms with Crippen molar-refractivity contribution in [3.8, 4) is 0 Å². The summed E-state index contributed by atoms with van der Waals surface area (Å²) in [5, 5.41) is 5.96. The topological polar surface area (TPSA) is 42.0 Å². The van der Waals surface area contributed by atoms with Gasteiger partial charge >= 0.3 is 0 Å². The lowest BCUT2D eigenvalue weighted by Crippen LogP contribution is -2.31. The number of benzene rings is 1. The third kappa shape index (κ3) is 3.67. The molecule has 1 atom stereocenters. The van der Waals surface area contributed by atoms with Crippen molar-refractivity contribution in [1.29, 1.82) is 0 Å². The van der Waals surface area contributed by atoms with E-state index < -0.39 is 0 Å². The molecule has 0 bridgehead atoms. The van der Waals surface area contributed by atoms with E-state index in [1.54, 1.807) is 23.5 Å². The van der Waals surface area contributed by atoms with Crippen LogP contribution in [0.5, 0.6) is 0 Å². The van der Waals surface area contributed by atoms with Crippen molar-refractivity contribution in [2.75, 3.05) is 0 Å². The smallest absolute Gasteiger partial charge is 0.226 e. The standard InChI is InChI=1S/C16H17FN2OS/c1-10-18-14(9-21-10)8-15(20)19-16(11-2-3-11)12-4-6-13(17)7-5-12/h4-7,9,11,16H,2-3,8H2,1H3,(H,19,20)/t16-/m1/s1. The Morgan fingerprint density at radius 2 is 2.14 bits per heavy atom. The van der Waals surface area contributed by atoms with Crippen LogP contribution in [0.3, 0.4) is 0 Å². The largest absolute Gasteiger partial charge is 0.349 e. The molecule has 1 aromatic carbocycles. The van der Waals surface area contributed by atoms with Gasteiger partial charge in [0, 0.05) is 5.38 Å². The van der Waals surface area contributed by atoms with E-state index in [1.807, 2.05) is 12.3 Å². The minimum absolute atomic E-state index is 0.0159. The maximum atomic E-state index is 13.0. The molecule has 0 unspecified atom stereocenters. The number of carbonyl (C=O) groups is 1. The molecule has 0 spiro atoms. The molecule has 1 saturated carbocycles. The number of halogens is 1. The van der Waals surface area contributed by atoms with Crippen LogP contribution in [0.1, 0.15) is 35.1 Å². The van der Waals surface area contributed by atoms with Crippen LogP contribution in [-0.2, 0) is 11.2 Å². The van der Waals surface area contributed by atoms with Crippen LogP contribution >= 0.6 is 11.3 Å². The zero-order chi connectivity index (χ0) is 14.8. The monoisotopic (exact) mass is 304 g/mol. The van der Waals surface area contributed by atoms with E-state index in [4.69, 9.17) is 0 Å². The summed E-state index contributed by atoms with van der Waals surface area (Å²) in [7, 11) is 0. The number of hydrogen-bond acceptors (Lipinski definition) is 3. The highest BCUT2D eigenvalue weighted by atomic mass is 32.1. The van der Waals surface area contributed by atoms with Gasteiger partial charge in [-0.25, -0.2) is 9.37 Å². The van der Waals surface area contributed by atoms with E-state index in [-0.39, 0.29) is 17.8 Å². The third-order valence-electron chi connectivity index (χ3n) is 3.65. The zero-order valence-electron chi connectivity index (χ0n) is 11.8. The molecule has 3 rings (SSSR count). The van der Waals surface area contributed by atoms with Crippen LogP contribution in [-0.4, -0.2) is 10.9 Å². The number of carbonyl (C=O) groups excluding carboxylic acids is 1. The minimum Gasteiger partial charge on any atom is -0.349 e. The van der Waals surface area contributed by atoms with Crippen LogP contribution in [0.2, 0.25) is 0 Å². The average molecular weight is 304 g/mol. The van der Waals surface area contributed by atoms with E-state index in [9.17, 15) is 9.18 Å². The summed E-state index contributed by atoms with van der Waals surface area (Å²) in [5.74, 6) is 0.190. The van der Waals surface area contributed by atoms with Crippen molar-refractivity contribution in [2.24, 2.45) is 5.92 Å². The molecule has 2 aromatic rings. The number of rotatable bonds is 5. The fourth-order valence-electron chi connectivity index (χ4n) is 2.45. The number of aryl methyl sites for hydroxylation is 1. The van der Waals surface area contributed by atoms with Crippen molar-refractivity contribution in [3.05, 3.63) is 51.7 Å². The highest BCUT2D eigenvalue weighted by molar-refractivity contribution is 7.09. The van der Waals surface area contributed by atoms with Crippen molar-refractivity contribution in [2.45, 2.75) is 32.2 Å². The van der Waals surface area contributed by atoms with Gasteiger partial charge in [-0.05, 0) is 43.4 Å². The molecule has 1 aliphatic carbocycles.